The summed E-state index contributed by atoms with van der Waals surface area (Å²) in [7, 11) is 0. The van der Waals surface area contributed by atoms with Gasteiger partial charge in [-0.2, -0.15) is 0 Å². The fourth-order valence-corrected chi connectivity index (χ4v) is 2.39. The van der Waals surface area contributed by atoms with Crippen molar-refractivity contribution in [3.8, 4) is 0 Å². The van der Waals surface area contributed by atoms with Crippen LogP contribution in [0.3, 0.4) is 0 Å². The molecule has 2 aromatic heterocycles. The maximum absolute atomic E-state index is 12.0. The fourth-order valence-electron chi connectivity index (χ4n) is 1.19. The Kier molecular flexibility index (Phi) is 4.26. The number of pyridine rings is 1. The summed E-state index contributed by atoms with van der Waals surface area (Å²) in [6.07, 6.45) is 2.31. The molecule has 94 valence electrons. The van der Waals surface area contributed by atoms with Gasteiger partial charge in [-0.15, -0.1) is 10.2 Å². The van der Waals surface area contributed by atoms with Gasteiger partial charge in [0, 0.05) is 10.7 Å². The predicted octanol–water partition coefficient (Wildman–Crippen LogP) is 3.16. The lowest BCUT2D eigenvalue weighted by Crippen LogP contribution is -2.12. The topological polar surface area (TPSA) is 67.8 Å². The molecule has 0 fully saturated rings. The van der Waals surface area contributed by atoms with E-state index in [1.807, 2.05) is 6.92 Å². The fraction of sp³-hybridized carbons (Fsp3) is 0.200. The van der Waals surface area contributed by atoms with Crippen LogP contribution in [0.15, 0.2) is 16.7 Å². The molecule has 0 atom stereocenters. The normalized spacial score (nSPS) is 10.4. The van der Waals surface area contributed by atoms with E-state index in [2.05, 4.69) is 36.4 Å². The molecule has 0 spiro atoms. The van der Waals surface area contributed by atoms with Crippen molar-refractivity contribution < 1.29 is 4.79 Å². The molecule has 1 N–H and O–H groups in total. The number of aromatic nitrogens is 3. The molecule has 0 unspecified atom stereocenters. The van der Waals surface area contributed by atoms with E-state index in [0.29, 0.717) is 15.2 Å². The highest BCUT2D eigenvalue weighted by Crippen LogP contribution is 2.21. The van der Waals surface area contributed by atoms with E-state index in [4.69, 9.17) is 11.6 Å². The highest BCUT2D eigenvalue weighted by molar-refractivity contribution is 9.10. The molecular weight excluding hydrogens is 340 g/mol. The third-order valence-electron chi connectivity index (χ3n) is 2.04. The molecule has 2 aromatic rings. The lowest BCUT2D eigenvalue weighted by Gasteiger charge is -2.03. The first-order valence-electron chi connectivity index (χ1n) is 5.05. The third-order valence-corrected chi connectivity index (χ3v) is 3.76. The number of rotatable bonds is 3. The quantitative estimate of drug-likeness (QED) is 0.866. The number of carbonyl (C=O) groups excluding carboxylic acids is 1. The second-order valence-electron chi connectivity index (χ2n) is 3.30. The molecule has 5 nitrogen and oxygen atoms in total. The number of nitrogens with zero attached hydrogens (tertiary/aromatic N) is 3. The van der Waals surface area contributed by atoms with Crippen LogP contribution >= 0.6 is 38.9 Å². The molecule has 0 aliphatic carbocycles. The van der Waals surface area contributed by atoms with Gasteiger partial charge >= 0.3 is 0 Å². The zero-order chi connectivity index (χ0) is 13.1. The van der Waals surface area contributed by atoms with Gasteiger partial charge in [0.1, 0.15) is 10.2 Å². The van der Waals surface area contributed by atoms with Crippen molar-refractivity contribution >= 4 is 49.9 Å². The minimum absolute atomic E-state index is 0.149. The van der Waals surface area contributed by atoms with E-state index >= 15 is 0 Å². The van der Waals surface area contributed by atoms with E-state index in [1.165, 1.54) is 17.5 Å². The minimum atomic E-state index is -0.354. The van der Waals surface area contributed by atoms with E-state index in [9.17, 15) is 4.79 Å². The standard InChI is InChI=1S/C10H8BrClN4OS/c1-2-7-15-16-10(18-7)14-9(17)6-3-5(11)4-13-8(6)12/h3-4H,2H2,1H3,(H,14,16,17). The van der Waals surface area contributed by atoms with Crippen molar-refractivity contribution in [2.75, 3.05) is 5.32 Å². The van der Waals surface area contributed by atoms with E-state index in [1.54, 1.807) is 6.07 Å². The maximum Gasteiger partial charge on any atom is 0.260 e. The smallest absolute Gasteiger partial charge is 0.260 e. The van der Waals surface area contributed by atoms with Crippen LogP contribution in [0.4, 0.5) is 5.13 Å². The minimum Gasteiger partial charge on any atom is -0.296 e. The zero-order valence-corrected chi connectivity index (χ0v) is 12.4. The van der Waals surface area contributed by atoms with Gasteiger partial charge in [-0.05, 0) is 28.4 Å². The van der Waals surface area contributed by atoms with Gasteiger partial charge in [0.05, 0.1) is 5.56 Å². The lowest BCUT2D eigenvalue weighted by molar-refractivity contribution is 0.102. The second-order valence-corrected chi connectivity index (χ2v) is 5.64. The Balaban J connectivity index is 2.19. The molecule has 0 saturated heterocycles. The Morgan fingerprint density at radius 2 is 2.33 bits per heavy atom. The van der Waals surface area contributed by atoms with E-state index in [-0.39, 0.29) is 11.1 Å². The Hall–Kier alpha value is -1.05. The molecule has 8 heteroatoms. The van der Waals surface area contributed by atoms with Crippen LogP contribution < -0.4 is 5.32 Å². The first-order valence-corrected chi connectivity index (χ1v) is 7.03. The van der Waals surface area contributed by atoms with E-state index in [0.717, 1.165) is 11.4 Å². The number of carbonyl (C=O) groups is 1. The summed E-state index contributed by atoms with van der Waals surface area (Å²) in [5, 5.41) is 11.9. The summed E-state index contributed by atoms with van der Waals surface area (Å²) in [5.74, 6) is -0.354. The molecule has 0 aromatic carbocycles. The second kappa shape index (κ2) is 5.73. The van der Waals surface area contributed by atoms with Gasteiger partial charge in [0.15, 0.2) is 0 Å². The summed E-state index contributed by atoms with van der Waals surface area (Å²) < 4.78 is 0.684. The predicted molar refractivity (Wildman–Crippen MR) is 74.2 cm³/mol. The monoisotopic (exact) mass is 346 g/mol. The molecule has 0 bridgehead atoms. The lowest BCUT2D eigenvalue weighted by atomic mass is 10.3. The summed E-state index contributed by atoms with van der Waals surface area (Å²) in [5.41, 5.74) is 0.291. The van der Waals surface area contributed by atoms with Gasteiger partial charge < -0.3 is 0 Å². The molecular formula is C10H8BrClN4OS. The van der Waals surface area contributed by atoms with Gasteiger partial charge in [-0.25, -0.2) is 4.98 Å². The Bertz CT molecular complexity index is 589. The number of aryl methyl sites for hydroxylation is 1. The summed E-state index contributed by atoms with van der Waals surface area (Å²) in [6.45, 7) is 1.97. The van der Waals surface area contributed by atoms with Crippen LogP contribution in [-0.4, -0.2) is 21.1 Å². The van der Waals surface area contributed by atoms with Crippen LogP contribution in [-0.2, 0) is 6.42 Å². The number of nitrogens with one attached hydrogen (secondary N) is 1. The Labute approximate surface area is 121 Å². The molecule has 0 aliphatic heterocycles. The highest BCUT2D eigenvalue weighted by atomic mass is 79.9. The molecule has 1 amide bonds. The van der Waals surface area contributed by atoms with Crippen molar-refractivity contribution in [2.45, 2.75) is 13.3 Å². The summed E-state index contributed by atoms with van der Waals surface area (Å²) in [6, 6.07) is 1.60. The van der Waals surface area contributed by atoms with Crippen molar-refractivity contribution in [3.05, 3.63) is 32.5 Å². The average Bonchev–Trinajstić information content (AvgIpc) is 2.80. The van der Waals surface area contributed by atoms with E-state index < -0.39 is 0 Å². The number of halogens is 2. The van der Waals surface area contributed by atoms with Gasteiger partial charge in [-0.1, -0.05) is 29.9 Å². The van der Waals surface area contributed by atoms with Crippen LogP contribution in [0.5, 0.6) is 0 Å². The average molecular weight is 348 g/mol. The highest BCUT2D eigenvalue weighted by Gasteiger charge is 2.14. The van der Waals surface area contributed by atoms with Crippen molar-refractivity contribution in [1.29, 1.82) is 0 Å². The van der Waals surface area contributed by atoms with Crippen LogP contribution in [0.25, 0.3) is 0 Å². The van der Waals surface area contributed by atoms with Gasteiger partial charge in [-0.3, -0.25) is 10.1 Å². The number of amides is 1. The maximum atomic E-state index is 12.0. The number of anilines is 1. The molecule has 2 heterocycles. The van der Waals surface area contributed by atoms with Crippen molar-refractivity contribution in [1.82, 2.24) is 15.2 Å². The van der Waals surface area contributed by atoms with Crippen LogP contribution in [0.2, 0.25) is 5.15 Å². The zero-order valence-electron chi connectivity index (χ0n) is 9.28. The van der Waals surface area contributed by atoms with Crippen molar-refractivity contribution in [2.24, 2.45) is 0 Å². The Morgan fingerprint density at radius 3 is 3.00 bits per heavy atom. The number of hydrogen-bond acceptors (Lipinski definition) is 5. The summed E-state index contributed by atoms with van der Waals surface area (Å²) in [4.78, 5) is 15.9. The van der Waals surface area contributed by atoms with Gasteiger partial charge in [0.25, 0.3) is 5.91 Å². The molecule has 2 rings (SSSR count). The first kappa shape index (κ1) is 13.4. The molecule has 0 aliphatic rings. The largest absolute Gasteiger partial charge is 0.296 e. The van der Waals surface area contributed by atoms with Crippen molar-refractivity contribution in [3.63, 3.8) is 0 Å². The Morgan fingerprint density at radius 1 is 1.56 bits per heavy atom. The third kappa shape index (κ3) is 3.04. The molecule has 0 radical (unpaired) electrons. The summed E-state index contributed by atoms with van der Waals surface area (Å²) >= 11 is 10.4. The van der Waals surface area contributed by atoms with Crippen LogP contribution in [0, 0.1) is 0 Å². The van der Waals surface area contributed by atoms with Crippen LogP contribution in [0.1, 0.15) is 22.3 Å². The molecule has 18 heavy (non-hydrogen) atoms. The molecule has 0 saturated carbocycles. The first-order chi connectivity index (χ1) is 8.60. The number of hydrogen-bond donors (Lipinski definition) is 1. The van der Waals surface area contributed by atoms with Gasteiger partial charge in [0.2, 0.25) is 5.13 Å². The SMILES string of the molecule is CCc1nnc(NC(=O)c2cc(Br)cnc2Cl)s1.